The molecule has 0 aliphatic heterocycles. The summed E-state index contributed by atoms with van der Waals surface area (Å²) >= 11 is 0. The van der Waals surface area contributed by atoms with Crippen molar-refractivity contribution in [1.29, 1.82) is 0 Å². The Balaban J connectivity index is 2.31. The first-order chi connectivity index (χ1) is 8.30. The predicted octanol–water partition coefficient (Wildman–Crippen LogP) is 2.71. The molecule has 0 saturated carbocycles. The summed E-state index contributed by atoms with van der Waals surface area (Å²) in [6.45, 7) is 7.35. The van der Waals surface area contributed by atoms with Gasteiger partial charge in [0.05, 0.1) is 0 Å². The molecule has 0 aliphatic carbocycles. The van der Waals surface area contributed by atoms with E-state index in [9.17, 15) is 0 Å². The van der Waals surface area contributed by atoms with Crippen LogP contribution >= 0.6 is 0 Å². The second-order valence-electron chi connectivity index (χ2n) is 4.67. The Morgan fingerprint density at radius 3 is 2.18 bits per heavy atom. The highest BCUT2D eigenvalue weighted by atomic mass is 14.9. The lowest BCUT2D eigenvalue weighted by molar-refractivity contribution is 0.449. The number of hydrogen-bond acceptors (Lipinski definition) is 2. The molecule has 17 heavy (non-hydrogen) atoms. The molecule has 3 N–H and O–H groups in total. The van der Waals surface area contributed by atoms with Crippen molar-refractivity contribution in [3.8, 4) is 0 Å². The molecule has 0 aromatic heterocycles. The number of benzene rings is 1. The van der Waals surface area contributed by atoms with Crippen molar-refractivity contribution in [1.82, 2.24) is 5.32 Å². The molecule has 1 aromatic rings. The van der Waals surface area contributed by atoms with Gasteiger partial charge >= 0.3 is 0 Å². The van der Waals surface area contributed by atoms with E-state index in [-0.39, 0.29) is 0 Å². The monoisotopic (exact) mass is 234 g/mol. The van der Waals surface area contributed by atoms with E-state index in [0.717, 1.165) is 32.0 Å². The summed E-state index contributed by atoms with van der Waals surface area (Å²) in [6.07, 6.45) is 3.50. The van der Waals surface area contributed by atoms with Gasteiger partial charge in [-0.1, -0.05) is 51.0 Å². The lowest BCUT2D eigenvalue weighted by Gasteiger charge is -2.13. The van der Waals surface area contributed by atoms with E-state index in [4.69, 9.17) is 5.73 Å². The van der Waals surface area contributed by atoms with Gasteiger partial charge in [-0.15, -0.1) is 0 Å². The molecular weight excluding hydrogens is 208 g/mol. The topological polar surface area (TPSA) is 38.0 Å². The number of nitrogens with one attached hydrogen (secondary N) is 1. The summed E-state index contributed by atoms with van der Waals surface area (Å²) in [5.74, 6) is 0.812. The Hall–Kier alpha value is -0.860. The summed E-state index contributed by atoms with van der Waals surface area (Å²) in [5.41, 5.74) is 8.22. The minimum atomic E-state index is 0.728. The molecule has 2 nitrogen and oxygen atoms in total. The first kappa shape index (κ1) is 14.2. The zero-order valence-electron chi connectivity index (χ0n) is 11.2. The smallest absolute Gasteiger partial charge is 0.0205 e. The largest absolute Gasteiger partial charge is 0.330 e. The van der Waals surface area contributed by atoms with Crippen LogP contribution in [0.25, 0.3) is 0 Å². The van der Waals surface area contributed by atoms with Crippen LogP contribution in [0.5, 0.6) is 0 Å². The number of nitrogens with two attached hydrogens (primary N) is 1. The first-order valence-corrected chi connectivity index (χ1v) is 6.78. The van der Waals surface area contributed by atoms with Gasteiger partial charge in [-0.2, -0.15) is 0 Å². The molecule has 2 heteroatoms. The maximum atomic E-state index is 5.53. The second-order valence-corrected chi connectivity index (χ2v) is 4.67. The molecule has 0 aliphatic rings. The molecule has 1 aromatic carbocycles. The summed E-state index contributed by atoms with van der Waals surface area (Å²) < 4.78 is 0. The van der Waals surface area contributed by atoms with Crippen LogP contribution in [-0.2, 0) is 13.0 Å². The van der Waals surface area contributed by atoms with Gasteiger partial charge < -0.3 is 11.1 Å². The van der Waals surface area contributed by atoms with Crippen LogP contribution in [0, 0.1) is 5.92 Å². The summed E-state index contributed by atoms with van der Waals surface area (Å²) in [6, 6.07) is 8.76. The fourth-order valence-electron chi connectivity index (χ4n) is 1.99. The Bertz CT molecular complexity index is 288. The van der Waals surface area contributed by atoms with Gasteiger partial charge in [-0.3, -0.25) is 0 Å². The van der Waals surface area contributed by atoms with Crippen LogP contribution in [0.4, 0.5) is 0 Å². The van der Waals surface area contributed by atoms with E-state index < -0.39 is 0 Å². The van der Waals surface area contributed by atoms with Crippen molar-refractivity contribution in [3.05, 3.63) is 35.4 Å². The van der Waals surface area contributed by atoms with E-state index >= 15 is 0 Å². The van der Waals surface area contributed by atoms with Crippen LogP contribution in [0.1, 0.15) is 37.8 Å². The summed E-state index contributed by atoms with van der Waals surface area (Å²) in [5, 5.41) is 3.53. The van der Waals surface area contributed by atoms with Gasteiger partial charge in [0.1, 0.15) is 0 Å². The van der Waals surface area contributed by atoms with Gasteiger partial charge in [0.25, 0.3) is 0 Å². The third-order valence-corrected chi connectivity index (χ3v) is 3.37. The van der Waals surface area contributed by atoms with E-state index in [1.807, 2.05) is 0 Å². The molecule has 0 heterocycles. The molecule has 0 atom stereocenters. The molecule has 0 fully saturated rings. The predicted molar refractivity (Wildman–Crippen MR) is 75.0 cm³/mol. The fourth-order valence-corrected chi connectivity index (χ4v) is 1.99. The lowest BCUT2D eigenvalue weighted by Crippen LogP contribution is -2.21. The average Bonchev–Trinajstić information content (AvgIpc) is 2.37. The molecule has 0 bridgehead atoms. The highest BCUT2D eigenvalue weighted by Crippen LogP contribution is 2.07. The second kappa shape index (κ2) is 8.26. The summed E-state index contributed by atoms with van der Waals surface area (Å²) in [4.78, 5) is 0. The van der Waals surface area contributed by atoms with Crippen molar-refractivity contribution in [2.24, 2.45) is 11.7 Å². The number of hydrogen-bond donors (Lipinski definition) is 2. The van der Waals surface area contributed by atoms with Gasteiger partial charge in [0.15, 0.2) is 0 Å². The van der Waals surface area contributed by atoms with Crippen LogP contribution in [-0.4, -0.2) is 13.1 Å². The van der Waals surface area contributed by atoms with E-state index in [0.29, 0.717) is 0 Å². The van der Waals surface area contributed by atoms with Gasteiger partial charge in [-0.25, -0.2) is 0 Å². The molecule has 1 rings (SSSR count). The van der Waals surface area contributed by atoms with E-state index in [1.165, 1.54) is 24.0 Å². The highest BCUT2D eigenvalue weighted by molar-refractivity contribution is 5.22. The maximum absolute atomic E-state index is 5.53. The van der Waals surface area contributed by atoms with Crippen molar-refractivity contribution in [3.63, 3.8) is 0 Å². The highest BCUT2D eigenvalue weighted by Gasteiger charge is 2.02. The standard InChI is InChI=1S/C15H26N2/c1-3-13(4-2)11-17-12-15-7-5-14(6-8-15)9-10-16/h5-8,13,17H,3-4,9-12,16H2,1-2H3. The number of rotatable bonds is 8. The minimum absolute atomic E-state index is 0.728. The van der Waals surface area contributed by atoms with Crippen LogP contribution < -0.4 is 11.1 Å². The van der Waals surface area contributed by atoms with Crippen molar-refractivity contribution in [2.45, 2.75) is 39.7 Å². The van der Waals surface area contributed by atoms with Gasteiger partial charge in [0.2, 0.25) is 0 Å². The Morgan fingerprint density at radius 2 is 1.65 bits per heavy atom. The molecule has 0 amide bonds. The quantitative estimate of drug-likeness (QED) is 0.726. The normalized spacial score (nSPS) is 11.1. The average molecular weight is 234 g/mol. The Labute approximate surface area is 106 Å². The first-order valence-electron chi connectivity index (χ1n) is 6.78. The maximum Gasteiger partial charge on any atom is 0.0205 e. The molecule has 0 unspecified atom stereocenters. The van der Waals surface area contributed by atoms with Crippen LogP contribution in [0.2, 0.25) is 0 Å². The third kappa shape index (κ3) is 5.33. The van der Waals surface area contributed by atoms with Gasteiger partial charge in [-0.05, 0) is 36.6 Å². The minimum Gasteiger partial charge on any atom is -0.330 e. The van der Waals surface area contributed by atoms with Crippen molar-refractivity contribution in [2.75, 3.05) is 13.1 Å². The molecule has 0 spiro atoms. The molecule has 0 radical (unpaired) electrons. The van der Waals surface area contributed by atoms with Crippen molar-refractivity contribution < 1.29 is 0 Å². The third-order valence-electron chi connectivity index (χ3n) is 3.37. The SMILES string of the molecule is CCC(CC)CNCc1ccc(CCN)cc1. The summed E-state index contributed by atoms with van der Waals surface area (Å²) in [7, 11) is 0. The van der Waals surface area contributed by atoms with Crippen LogP contribution in [0.3, 0.4) is 0 Å². The van der Waals surface area contributed by atoms with Crippen LogP contribution in [0.15, 0.2) is 24.3 Å². The Morgan fingerprint density at radius 1 is 1.06 bits per heavy atom. The molecule has 0 saturated heterocycles. The zero-order valence-corrected chi connectivity index (χ0v) is 11.2. The molecular formula is C15H26N2. The van der Waals surface area contributed by atoms with Crippen molar-refractivity contribution >= 4 is 0 Å². The zero-order chi connectivity index (χ0) is 12.5. The Kier molecular flexibility index (Phi) is 6.90. The van der Waals surface area contributed by atoms with E-state index in [1.54, 1.807) is 0 Å². The van der Waals surface area contributed by atoms with Gasteiger partial charge in [0, 0.05) is 6.54 Å². The fraction of sp³-hybridized carbons (Fsp3) is 0.600. The van der Waals surface area contributed by atoms with E-state index in [2.05, 4.69) is 43.4 Å². The molecule has 96 valence electrons. The lowest BCUT2D eigenvalue weighted by atomic mass is 10.0.